The Labute approximate surface area is 141 Å². The van der Waals surface area contributed by atoms with Gasteiger partial charge < -0.3 is 14.5 Å². The van der Waals surface area contributed by atoms with Crippen molar-refractivity contribution in [3.8, 4) is 5.75 Å². The van der Waals surface area contributed by atoms with Crippen molar-refractivity contribution in [3.05, 3.63) is 46.7 Å². The highest BCUT2D eigenvalue weighted by molar-refractivity contribution is 5.85. The van der Waals surface area contributed by atoms with Crippen LogP contribution in [0.15, 0.2) is 22.9 Å². The molecule has 1 spiro atoms. The SMILES string of the molecule is Cc1cc2c(cc1C)[C@]1(CCO2)C[C@H]1C(=O)NCc1ncoc1C. The van der Waals surface area contributed by atoms with Gasteiger partial charge in [0.05, 0.1) is 13.2 Å². The zero-order valence-electron chi connectivity index (χ0n) is 14.3. The summed E-state index contributed by atoms with van der Waals surface area (Å²) in [6, 6.07) is 4.32. The predicted octanol–water partition coefficient (Wildman–Crippen LogP) is 2.96. The minimum Gasteiger partial charge on any atom is -0.493 e. The Hall–Kier alpha value is -2.30. The molecule has 1 fully saturated rings. The van der Waals surface area contributed by atoms with Gasteiger partial charge in [0.15, 0.2) is 6.39 Å². The number of aryl methyl sites for hydroxylation is 3. The number of amides is 1. The van der Waals surface area contributed by atoms with E-state index in [1.807, 2.05) is 6.92 Å². The van der Waals surface area contributed by atoms with Crippen molar-refractivity contribution in [2.45, 2.75) is 45.6 Å². The fourth-order valence-electron chi connectivity index (χ4n) is 3.79. The van der Waals surface area contributed by atoms with Crippen LogP contribution in [0.25, 0.3) is 0 Å². The second kappa shape index (κ2) is 5.36. The van der Waals surface area contributed by atoms with Crippen LogP contribution in [0, 0.1) is 26.7 Å². The van der Waals surface area contributed by atoms with Gasteiger partial charge in [-0.15, -0.1) is 0 Å². The second-order valence-electron chi connectivity index (χ2n) is 7.02. The van der Waals surface area contributed by atoms with Crippen LogP contribution < -0.4 is 10.1 Å². The molecule has 1 N–H and O–H groups in total. The monoisotopic (exact) mass is 326 g/mol. The minimum atomic E-state index is -0.0466. The maximum Gasteiger partial charge on any atom is 0.224 e. The van der Waals surface area contributed by atoms with Crippen LogP contribution in [0.4, 0.5) is 0 Å². The van der Waals surface area contributed by atoms with Crippen LogP contribution in [0.1, 0.15) is 41.0 Å². The summed E-state index contributed by atoms with van der Waals surface area (Å²) >= 11 is 0. The normalized spacial score (nSPS) is 24.4. The summed E-state index contributed by atoms with van der Waals surface area (Å²) in [5.41, 5.74) is 4.43. The Morgan fingerprint density at radius 1 is 1.33 bits per heavy atom. The molecule has 2 atom stereocenters. The van der Waals surface area contributed by atoms with Gasteiger partial charge in [0.2, 0.25) is 5.91 Å². The highest BCUT2D eigenvalue weighted by atomic mass is 16.5. The first kappa shape index (κ1) is 15.2. The molecule has 2 heterocycles. The highest BCUT2D eigenvalue weighted by Gasteiger charge is 2.61. The van der Waals surface area contributed by atoms with Gasteiger partial charge >= 0.3 is 0 Å². The van der Waals surface area contributed by atoms with Gasteiger partial charge in [-0.3, -0.25) is 4.79 Å². The average Bonchev–Trinajstić information content (AvgIpc) is 3.12. The van der Waals surface area contributed by atoms with Crippen LogP contribution in [0.2, 0.25) is 0 Å². The fraction of sp³-hybridized carbons (Fsp3) is 0.474. The summed E-state index contributed by atoms with van der Waals surface area (Å²) < 4.78 is 11.0. The molecule has 5 nitrogen and oxygen atoms in total. The second-order valence-corrected chi connectivity index (χ2v) is 7.02. The predicted molar refractivity (Wildman–Crippen MR) is 88.9 cm³/mol. The number of fused-ring (bicyclic) bond motifs is 2. The highest BCUT2D eigenvalue weighted by Crippen LogP contribution is 2.61. The first-order valence-electron chi connectivity index (χ1n) is 8.42. The van der Waals surface area contributed by atoms with E-state index in [0.29, 0.717) is 13.2 Å². The maximum atomic E-state index is 12.6. The maximum absolute atomic E-state index is 12.6. The molecule has 126 valence electrons. The number of nitrogens with zero attached hydrogens (tertiary/aromatic N) is 1. The summed E-state index contributed by atoms with van der Waals surface area (Å²) in [6.07, 6.45) is 3.22. The van der Waals surface area contributed by atoms with Crippen LogP contribution in [0.5, 0.6) is 5.75 Å². The first-order chi connectivity index (χ1) is 11.5. The standard InChI is InChI=1S/C19H22N2O3/c1-11-6-14-17(7-12(11)2)23-5-4-19(14)8-15(19)18(22)20-9-16-13(3)24-10-21-16/h6-7,10,15H,4-5,8-9H2,1-3H3,(H,20,22)/t15-,19-/m0/s1. The van der Waals surface area contributed by atoms with Crippen molar-refractivity contribution in [1.82, 2.24) is 10.3 Å². The topological polar surface area (TPSA) is 64.4 Å². The number of ether oxygens (including phenoxy) is 1. The molecule has 0 unspecified atom stereocenters. The number of benzene rings is 1. The summed E-state index contributed by atoms with van der Waals surface area (Å²) in [4.78, 5) is 16.8. The molecule has 2 aromatic rings. The van der Waals surface area contributed by atoms with E-state index in [2.05, 4.69) is 36.3 Å². The molecule has 1 aromatic carbocycles. The number of carbonyl (C=O) groups excluding carboxylic acids is 1. The summed E-state index contributed by atoms with van der Waals surface area (Å²) in [6.45, 7) is 7.17. The van der Waals surface area contributed by atoms with Gasteiger partial charge in [-0.05, 0) is 50.8 Å². The molecule has 4 rings (SSSR count). The quantitative estimate of drug-likeness (QED) is 0.942. The summed E-state index contributed by atoms with van der Waals surface area (Å²) in [5, 5.41) is 3.01. The number of oxazole rings is 1. The smallest absolute Gasteiger partial charge is 0.224 e. The van der Waals surface area contributed by atoms with Gasteiger partial charge in [0.1, 0.15) is 17.2 Å². The number of aromatic nitrogens is 1. The van der Waals surface area contributed by atoms with E-state index in [4.69, 9.17) is 9.15 Å². The van der Waals surface area contributed by atoms with Crippen LogP contribution in [-0.4, -0.2) is 17.5 Å². The van der Waals surface area contributed by atoms with E-state index < -0.39 is 0 Å². The van der Waals surface area contributed by atoms with Gasteiger partial charge in [-0.1, -0.05) is 6.07 Å². The number of hydrogen-bond acceptors (Lipinski definition) is 4. The van der Waals surface area contributed by atoms with Crippen molar-refractivity contribution < 1.29 is 13.9 Å². The van der Waals surface area contributed by atoms with Crippen molar-refractivity contribution >= 4 is 5.91 Å². The Balaban J connectivity index is 1.52. The summed E-state index contributed by atoms with van der Waals surface area (Å²) in [7, 11) is 0. The number of carbonyl (C=O) groups is 1. The molecule has 24 heavy (non-hydrogen) atoms. The van der Waals surface area contributed by atoms with Gasteiger partial charge in [-0.25, -0.2) is 4.98 Å². The van der Waals surface area contributed by atoms with Crippen LogP contribution >= 0.6 is 0 Å². The number of nitrogens with one attached hydrogen (secondary N) is 1. The molecule has 1 aliphatic heterocycles. The minimum absolute atomic E-state index is 0.0227. The lowest BCUT2D eigenvalue weighted by atomic mass is 9.85. The lowest BCUT2D eigenvalue weighted by molar-refractivity contribution is -0.123. The molecule has 0 radical (unpaired) electrons. The van der Waals surface area contributed by atoms with E-state index >= 15 is 0 Å². The molecule has 0 bridgehead atoms. The zero-order chi connectivity index (χ0) is 16.9. The zero-order valence-corrected chi connectivity index (χ0v) is 14.3. The lowest BCUT2D eigenvalue weighted by Crippen LogP contribution is -2.31. The third kappa shape index (κ3) is 2.30. The molecular weight excluding hydrogens is 304 g/mol. The first-order valence-corrected chi connectivity index (χ1v) is 8.42. The Bertz CT molecular complexity index is 811. The van der Waals surface area contributed by atoms with Crippen LogP contribution in [-0.2, 0) is 16.8 Å². The molecule has 1 amide bonds. The average molecular weight is 326 g/mol. The van der Waals surface area contributed by atoms with Gasteiger partial charge in [-0.2, -0.15) is 0 Å². The Morgan fingerprint density at radius 2 is 2.12 bits per heavy atom. The summed E-state index contributed by atoms with van der Waals surface area (Å²) in [5.74, 6) is 1.83. The van der Waals surface area contributed by atoms with E-state index in [1.54, 1.807) is 0 Å². The van der Waals surface area contributed by atoms with E-state index in [1.165, 1.54) is 23.1 Å². The van der Waals surface area contributed by atoms with Crippen molar-refractivity contribution in [2.24, 2.45) is 5.92 Å². The largest absolute Gasteiger partial charge is 0.493 e. The third-order valence-electron chi connectivity index (χ3n) is 5.60. The number of rotatable bonds is 3. The van der Waals surface area contributed by atoms with E-state index in [9.17, 15) is 4.79 Å². The van der Waals surface area contributed by atoms with E-state index in [-0.39, 0.29) is 17.2 Å². The molecule has 1 saturated carbocycles. The molecule has 1 aliphatic carbocycles. The van der Waals surface area contributed by atoms with Crippen molar-refractivity contribution in [2.75, 3.05) is 6.61 Å². The van der Waals surface area contributed by atoms with Crippen LogP contribution in [0.3, 0.4) is 0 Å². The Morgan fingerprint density at radius 3 is 2.88 bits per heavy atom. The number of hydrogen-bond donors (Lipinski definition) is 1. The Kier molecular flexibility index (Phi) is 3.41. The van der Waals surface area contributed by atoms with Gasteiger partial charge in [0, 0.05) is 16.9 Å². The molecule has 0 saturated heterocycles. The third-order valence-corrected chi connectivity index (χ3v) is 5.60. The van der Waals surface area contributed by atoms with E-state index in [0.717, 1.165) is 30.0 Å². The molecule has 5 heteroatoms. The lowest BCUT2D eigenvalue weighted by Gasteiger charge is -2.28. The molecule has 2 aliphatic rings. The van der Waals surface area contributed by atoms with Gasteiger partial charge in [0.25, 0.3) is 0 Å². The molecule has 1 aromatic heterocycles. The van der Waals surface area contributed by atoms with Crippen molar-refractivity contribution in [3.63, 3.8) is 0 Å². The van der Waals surface area contributed by atoms with Crippen molar-refractivity contribution in [1.29, 1.82) is 0 Å². The molecular formula is C19H22N2O3. The fourth-order valence-corrected chi connectivity index (χ4v) is 3.79.